The largest absolute Gasteiger partial charge is 0.390 e. The molecule has 0 aliphatic carbocycles. The molecule has 0 amide bonds. The van der Waals surface area contributed by atoms with Crippen LogP contribution in [0.3, 0.4) is 0 Å². The smallest absolute Gasteiger partial charge is 0.0853 e. The topological polar surface area (TPSA) is 48.4 Å². The fourth-order valence-corrected chi connectivity index (χ4v) is 2.17. The molecular formula is C15H27N3O. The van der Waals surface area contributed by atoms with Crippen LogP contribution in [-0.4, -0.2) is 40.7 Å². The van der Waals surface area contributed by atoms with E-state index in [1.165, 1.54) is 6.42 Å². The molecule has 0 spiro atoms. The highest BCUT2D eigenvalue weighted by molar-refractivity contribution is 5.43. The molecule has 0 saturated carbocycles. The van der Waals surface area contributed by atoms with Crippen LogP contribution in [-0.2, 0) is 6.61 Å². The third-order valence-electron chi connectivity index (χ3n) is 3.40. The Kier molecular flexibility index (Phi) is 7.45. The maximum absolute atomic E-state index is 9.06. The highest BCUT2D eigenvalue weighted by Gasteiger charge is 2.05. The zero-order chi connectivity index (χ0) is 14.1. The van der Waals surface area contributed by atoms with Crippen molar-refractivity contribution in [3.05, 3.63) is 24.0 Å². The quantitative estimate of drug-likeness (QED) is 0.720. The van der Waals surface area contributed by atoms with E-state index in [9.17, 15) is 0 Å². The van der Waals surface area contributed by atoms with Gasteiger partial charge in [-0.25, -0.2) is 0 Å². The summed E-state index contributed by atoms with van der Waals surface area (Å²) < 4.78 is 0. The third kappa shape index (κ3) is 6.03. The second-order valence-electron chi connectivity index (χ2n) is 4.91. The van der Waals surface area contributed by atoms with Gasteiger partial charge in [0.05, 0.1) is 12.3 Å². The first-order valence-corrected chi connectivity index (χ1v) is 7.24. The number of pyridine rings is 1. The predicted molar refractivity (Wildman–Crippen MR) is 80.3 cm³/mol. The number of hydrogen-bond donors (Lipinski definition) is 2. The minimum Gasteiger partial charge on any atom is -0.390 e. The van der Waals surface area contributed by atoms with Crippen molar-refractivity contribution in [3.63, 3.8) is 0 Å². The lowest BCUT2D eigenvalue weighted by atomic mass is 10.1. The maximum atomic E-state index is 9.06. The molecule has 0 saturated heterocycles. The summed E-state index contributed by atoms with van der Waals surface area (Å²) >= 11 is 0. The second kappa shape index (κ2) is 8.88. The summed E-state index contributed by atoms with van der Waals surface area (Å²) in [5.74, 6) is 0. The minimum atomic E-state index is -0.00807. The molecule has 1 aromatic rings. The van der Waals surface area contributed by atoms with Gasteiger partial charge in [0.2, 0.25) is 0 Å². The van der Waals surface area contributed by atoms with Gasteiger partial charge < -0.3 is 15.3 Å². The van der Waals surface area contributed by atoms with E-state index in [4.69, 9.17) is 5.11 Å². The number of nitrogens with one attached hydrogen (secondary N) is 1. The Hall–Kier alpha value is -1.13. The summed E-state index contributed by atoms with van der Waals surface area (Å²) in [6.07, 6.45) is 4.08. The van der Waals surface area contributed by atoms with Gasteiger partial charge >= 0.3 is 0 Å². The van der Waals surface area contributed by atoms with Crippen LogP contribution < -0.4 is 5.32 Å². The number of aromatic nitrogens is 1. The van der Waals surface area contributed by atoms with Crippen molar-refractivity contribution in [2.75, 3.05) is 25.0 Å². The molecule has 0 radical (unpaired) electrons. The van der Waals surface area contributed by atoms with Crippen LogP contribution in [0, 0.1) is 0 Å². The number of nitrogens with zero attached hydrogens (tertiary/aromatic N) is 2. The normalized spacial score (nSPS) is 12.7. The summed E-state index contributed by atoms with van der Waals surface area (Å²) in [6, 6.07) is 4.28. The monoisotopic (exact) mass is 265 g/mol. The molecular weight excluding hydrogens is 238 g/mol. The Bertz CT molecular complexity index is 353. The maximum Gasteiger partial charge on any atom is 0.0853 e. The Morgan fingerprint density at radius 1 is 1.37 bits per heavy atom. The molecule has 1 atom stereocenters. The summed E-state index contributed by atoms with van der Waals surface area (Å²) in [4.78, 5) is 6.52. The van der Waals surface area contributed by atoms with Gasteiger partial charge in [-0.1, -0.05) is 13.8 Å². The highest BCUT2D eigenvalue weighted by atomic mass is 16.3. The molecule has 0 aliphatic heterocycles. The van der Waals surface area contributed by atoms with Crippen molar-refractivity contribution in [2.45, 2.75) is 46.3 Å². The minimum absolute atomic E-state index is 0.00807. The van der Waals surface area contributed by atoms with E-state index in [0.717, 1.165) is 31.7 Å². The van der Waals surface area contributed by atoms with E-state index in [-0.39, 0.29) is 6.61 Å². The van der Waals surface area contributed by atoms with Crippen LogP contribution in [0.5, 0.6) is 0 Å². The SMILES string of the molecule is CCN(CC)CCCC(C)Nc1ccnc(CO)c1. The fraction of sp³-hybridized carbons (Fsp3) is 0.667. The number of anilines is 1. The van der Waals surface area contributed by atoms with Crippen LogP contribution in [0.4, 0.5) is 5.69 Å². The molecule has 0 bridgehead atoms. The van der Waals surface area contributed by atoms with Gasteiger partial charge in [0.1, 0.15) is 0 Å². The summed E-state index contributed by atoms with van der Waals surface area (Å²) in [5.41, 5.74) is 1.75. The zero-order valence-electron chi connectivity index (χ0n) is 12.4. The fourth-order valence-electron chi connectivity index (χ4n) is 2.17. The van der Waals surface area contributed by atoms with E-state index in [2.05, 4.69) is 36.0 Å². The Labute approximate surface area is 116 Å². The lowest BCUT2D eigenvalue weighted by Crippen LogP contribution is -2.25. The Balaban J connectivity index is 2.32. The van der Waals surface area contributed by atoms with Crippen molar-refractivity contribution in [1.29, 1.82) is 0 Å². The van der Waals surface area contributed by atoms with Crippen LogP contribution in [0.25, 0.3) is 0 Å². The molecule has 1 rings (SSSR count). The lowest BCUT2D eigenvalue weighted by Gasteiger charge is -2.20. The number of aliphatic hydroxyl groups is 1. The summed E-state index contributed by atoms with van der Waals surface area (Å²) in [7, 11) is 0. The molecule has 1 aromatic heterocycles. The third-order valence-corrected chi connectivity index (χ3v) is 3.40. The Morgan fingerprint density at radius 3 is 2.74 bits per heavy atom. The molecule has 4 heteroatoms. The van der Waals surface area contributed by atoms with Crippen molar-refractivity contribution < 1.29 is 5.11 Å². The number of aliphatic hydroxyl groups excluding tert-OH is 1. The van der Waals surface area contributed by atoms with Gasteiger partial charge in [0.25, 0.3) is 0 Å². The van der Waals surface area contributed by atoms with Crippen LogP contribution in [0.15, 0.2) is 18.3 Å². The molecule has 1 unspecified atom stereocenters. The van der Waals surface area contributed by atoms with E-state index in [0.29, 0.717) is 11.7 Å². The van der Waals surface area contributed by atoms with Crippen LogP contribution in [0.1, 0.15) is 39.3 Å². The highest BCUT2D eigenvalue weighted by Crippen LogP contribution is 2.11. The van der Waals surface area contributed by atoms with Gasteiger partial charge in [0, 0.05) is 17.9 Å². The van der Waals surface area contributed by atoms with Gasteiger partial charge in [-0.15, -0.1) is 0 Å². The van der Waals surface area contributed by atoms with Gasteiger partial charge in [-0.3, -0.25) is 4.98 Å². The zero-order valence-corrected chi connectivity index (χ0v) is 12.4. The van der Waals surface area contributed by atoms with E-state index < -0.39 is 0 Å². The number of rotatable bonds is 9. The first-order chi connectivity index (χ1) is 9.19. The first-order valence-electron chi connectivity index (χ1n) is 7.24. The molecule has 2 N–H and O–H groups in total. The summed E-state index contributed by atoms with van der Waals surface area (Å²) in [5, 5.41) is 12.5. The second-order valence-corrected chi connectivity index (χ2v) is 4.91. The van der Waals surface area contributed by atoms with Gasteiger partial charge in [-0.2, -0.15) is 0 Å². The Morgan fingerprint density at radius 2 is 2.11 bits per heavy atom. The average Bonchev–Trinajstić information content (AvgIpc) is 2.44. The molecule has 1 heterocycles. The first kappa shape index (κ1) is 15.9. The molecule has 4 nitrogen and oxygen atoms in total. The van der Waals surface area contributed by atoms with Crippen LogP contribution in [0.2, 0.25) is 0 Å². The lowest BCUT2D eigenvalue weighted by molar-refractivity contribution is 0.277. The van der Waals surface area contributed by atoms with Crippen molar-refractivity contribution in [3.8, 4) is 0 Å². The van der Waals surface area contributed by atoms with Crippen molar-refractivity contribution >= 4 is 5.69 Å². The molecule has 0 fully saturated rings. The van der Waals surface area contributed by atoms with Crippen molar-refractivity contribution in [2.24, 2.45) is 0 Å². The van der Waals surface area contributed by atoms with E-state index in [1.54, 1.807) is 6.20 Å². The molecule has 0 aromatic carbocycles. The number of hydrogen-bond acceptors (Lipinski definition) is 4. The summed E-state index contributed by atoms with van der Waals surface area (Å²) in [6.45, 7) is 10.0. The molecule has 108 valence electrons. The van der Waals surface area contributed by atoms with E-state index >= 15 is 0 Å². The average molecular weight is 265 g/mol. The van der Waals surface area contributed by atoms with Gasteiger partial charge in [0.15, 0.2) is 0 Å². The van der Waals surface area contributed by atoms with Crippen molar-refractivity contribution in [1.82, 2.24) is 9.88 Å². The van der Waals surface area contributed by atoms with Gasteiger partial charge in [-0.05, 0) is 51.5 Å². The molecule has 19 heavy (non-hydrogen) atoms. The van der Waals surface area contributed by atoms with Crippen LogP contribution >= 0.6 is 0 Å². The molecule has 0 aliphatic rings. The predicted octanol–water partition coefficient (Wildman–Crippen LogP) is 2.50. The van der Waals surface area contributed by atoms with E-state index in [1.807, 2.05) is 12.1 Å². The standard InChI is InChI=1S/C15H27N3O/c1-4-18(5-2)10-6-7-13(3)17-14-8-9-16-15(11-14)12-19/h8-9,11,13,19H,4-7,10,12H2,1-3H3,(H,16,17).